The van der Waals surface area contributed by atoms with Crippen LogP contribution in [0.4, 0.5) is 0 Å². The van der Waals surface area contributed by atoms with E-state index >= 15 is 0 Å². The zero-order valence-corrected chi connectivity index (χ0v) is 21.2. The molecule has 7 N–H and O–H groups in total. The minimum atomic E-state index is -1.38. The minimum Gasteiger partial charge on any atom is -0.480 e. The van der Waals surface area contributed by atoms with E-state index in [0.29, 0.717) is 37.1 Å². The van der Waals surface area contributed by atoms with Crippen molar-refractivity contribution in [2.45, 2.75) is 65.0 Å². The molecule has 0 fully saturated rings. The molecule has 0 aliphatic carbocycles. The summed E-state index contributed by atoms with van der Waals surface area (Å²) in [5, 5.41) is 14.7. The van der Waals surface area contributed by atoms with Crippen molar-refractivity contribution < 1.29 is 24.3 Å². The quantitative estimate of drug-likeness (QED) is 0.224. The van der Waals surface area contributed by atoms with Crippen LogP contribution < -0.4 is 22.1 Å². The lowest BCUT2D eigenvalue weighted by molar-refractivity contribution is -0.142. The van der Waals surface area contributed by atoms with E-state index in [0.717, 1.165) is 6.42 Å². The van der Waals surface area contributed by atoms with Gasteiger partial charge in [0.25, 0.3) is 5.91 Å². The third-order valence-electron chi connectivity index (χ3n) is 6.45. The van der Waals surface area contributed by atoms with Crippen LogP contribution in [-0.4, -0.2) is 63.2 Å². The number of hydrogen-bond donors (Lipinski definition) is 5. The molecule has 2 aromatic heterocycles. The highest BCUT2D eigenvalue weighted by atomic mass is 16.4. The Hall–Kier alpha value is -3.31. The number of carbonyl (C=O) groups excluding carboxylic acids is 3. The molecule has 0 unspecified atom stereocenters. The van der Waals surface area contributed by atoms with Crippen LogP contribution in [0.5, 0.6) is 0 Å². The van der Waals surface area contributed by atoms with Gasteiger partial charge in [0.2, 0.25) is 5.91 Å². The Morgan fingerprint density at radius 2 is 1.92 bits per heavy atom. The van der Waals surface area contributed by atoms with Gasteiger partial charge in [-0.05, 0) is 44.4 Å². The van der Waals surface area contributed by atoms with Crippen LogP contribution in [0.15, 0.2) is 24.4 Å². The highest BCUT2D eigenvalue weighted by Gasteiger charge is 2.30. The molecular weight excluding hydrogens is 464 g/mol. The van der Waals surface area contributed by atoms with Crippen molar-refractivity contribution in [2.75, 3.05) is 13.1 Å². The number of rotatable bonds is 15. The first kappa shape index (κ1) is 28.9. The highest BCUT2D eigenvalue weighted by molar-refractivity contribution is 5.95. The molecule has 4 atom stereocenters. The Bertz CT molecular complexity index is 1070. The van der Waals surface area contributed by atoms with Crippen LogP contribution in [0.25, 0.3) is 5.65 Å². The maximum absolute atomic E-state index is 13.0. The number of ketones is 1. The van der Waals surface area contributed by atoms with Gasteiger partial charge in [-0.3, -0.25) is 18.8 Å². The largest absolute Gasteiger partial charge is 0.480 e. The number of carboxylic acids is 1. The van der Waals surface area contributed by atoms with E-state index in [9.17, 15) is 24.3 Å². The second kappa shape index (κ2) is 13.7. The molecular formula is C25H38N6O5. The van der Waals surface area contributed by atoms with E-state index < -0.39 is 35.8 Å². The third kappa shape index (κ3) is 7.59. The first-order valence-corrected chi connectivity index (χ1v) is 12.3. The second-order valence-electron chi connectivity index (χ2n) is 9.15. The lowest BCUT2D eigenvalue weighted by atomic mass is 9.88. The first-order chi connectivity index (χ1) is 17.1. The summed E-state index contributed by atoms with van der Waals surface area (Å²) in [5.41, 5.74) is 13.0. The summed E-state index contributed by atoms with van der Waals surface area (Å²) in [7, 11) is 0. The number of Topliss-reactive ketones (excluding diaryl/α,β-unsaturated/α-hetero) is 1. The molecule has 0 aliphatic heterocycles. The van der Waals surface area contributed by atoms with Crippen LogP contribution in [0, 0.1) is 18.8 Å². The number of carboxylic acid groups (broad SMARTS) is 1. The standard InChI is InChI=1S/C25H38N6O5/c1-4-15(2)21(27)19(32)13-17(9-5-7-11-26)23(33)30-18(25(35)36)14-28-24(34)22-16(3)29-20-10-6-8-12-31(20)22/h6,8,10,12,15,17-18,21H,4-5,7,9,11,13-14,26-27H2,1-3H3,(H,28,34)(H,30,33)(H,35,36)/t15-,17-,18+,21+/m1/s1. The Labute approximate surface area is 211 Å². The molecule has 2 rings (SSSR count). The molecule has 198 valence electrons. The number of aryl methyl sites for hydroxylation is 1. The monoisotopic (exact) mass is 502 g/mol. The molecule has 0 bridgehead atoms. The molecule has 11 heteroatoms. The number of pyridine rings is 1. The molecule has 2 amide bonds. The van der Waals surface area contributed by atoms with Gasteiger partial charge in [0.05, 0.1) is 11.7 Å². The van der Waals surface area contributed by atoms with Crippen molar-refractivity contribution in [3.63, 3.8) is 0 Å². The molecule has 11 nitrogen and oxygen atoms in total. The van der Waals surface area contributed by atoms with Crippen molar-refractivity contribution in [2.24, 2.45) is 23.3 Å². The second-order valence-corrected chi connectivity index (χ2v) is 9.15. The first-order valence-electron chi connectivity index (χ1n) is 12.3. The zero-order chi connectivity index (χ0) is 26.8. The summed E-state index contributed by atoms with van der Waals surface area (Å²) in [6.07, 6.45) is 4.00. The van der Waals surface area contributed by atoms with Crippen LogP contribution in [0.3, 0.4) is 0 Å². The lowest BCUT2D eigenvalue weighted by Gasteiger charge is -2.23. The summed E-state index contributed by atoms with van der Waals surface area (Å²) in [4.78, 5) is 54.7. The summed E-state index contributed by atoms with van der Waals surface area (Å²) >= 11 is 0. The highest BCUT2D eigenvalue weighted by Crippen LogP contribution is 2.18. The van der Waals surface area contributed by atoms with Gasteiger partial charge in [-0.15, -0.1) is 0 Å². The Kier molecular flexibility index (Phi) is 11.0. The fourth-order valence-corrected chi connectivity index (χ4v) is 3.97. The van der Waals surface area contributed by atoms with E-state index in [1.807, 2.05) is 13.8 Å². The lowest BCUT2D eigenvalue weighted by Crippen LogP contribution is -2.50. The Morgan fingerprint density at radius 3 is 2.56 bits per heavy atom. The van der Waals surface area contributed by atoms with Crippen molar-refractivity contribution in [3.8, 4) is 0 Å². The van der Waals surface area contributed by atoms with E-state index in [2.05, 4.69) is 15.6 Å². The van der Waals surface area contributed by atoms with Crippen LogP contribution in [0.1, 0.15) is 62.1 Å². The number of hydrogen-bond acceptors (Lipinski definition) is 7. The van der Waals surface area contributed by atoms with Crippen molar-refractivity contribution in [3.05, 3.63) is 35.8 Å². The van der Waals surface area contributed by atoms with Gasteiger partial charge in [0, 0.05) is 25.1 Å². The molecule has 2 heterocycles. The summed E-state index contributed by atoms with van der Waals surface area (Å²) in [5.74, 6) is -3.39. The Morgan fingerprint density at radius 1 is 1.19 bits per heavy atom. The third-order valence-corrected chi connectivity index (χ3v) is 6.45. The smallest absolute Gasteiger partial charge is 0.328 e. The number of imidazole rings is 1. The SMILES string of the molecule is CC[C@@H](C)[C@H](N)C(=O)C[C@@H](CCCCN)C(=O)N[C@@H](CNC(=O)c1c(C)nc2ccccn12)C(=O)O. The maximum Gasteiger partial charge on any atom is 0.328 e. The molecule has 2 aromatic rings. The van der Waals surface area contributed by atoms with Gasteiger partial charge < -0.3 is 27.2 Å². The molecule has 0 aromatic carbocycles. The molecule has 0 spiro atoms. The van der Waals surface area contributed by atoms with Crippen molar-refractivity contribution in [1.82, 2.24) is 20.0 Å². The zero-order valence-electron chi connectivity index (χ0n) is 21.2. The number of fused-ring (bicyclic) bond motifs is 1. The number of unbranched alkanes of at least 4 members (excludes halogenated alkanes) is 1. The van der Waals surface area contributed by atoms with Crippen LogP contribution in [0.2, 0.25) is 0 Å². The van der Waals surface area contributed by atoms with E-state index in [1.165, 1.54) is 0 Å². The number of aromatic nitrogens is 2. The fourth-order valence-electron chi connectivity index (χ4n) is 3.97. The molecule has 36 heavy (non-hydrogen) atoms. The predicted molar refractivity (Wildman–Crippen MR) is 135 cm³/mol. The fraction of sp³-hybridized carbons (Fsp3) is 0.560. The minimum absolute atomic E-state index is 0.0321. The summed E-state index contributed by atoms with van der Waals surface area (Å²) in [6, 6.07) is 3.23. The number of carbonyl (C=O) groups is 4. The van der Waals surface area contributed by atoms with Gasteiger partial charge in [0.1, 0.15) is 17.4 Å². The van der Waals surface area contributed by atoms with Crippen molar-refractivity contribution >= 4 is 29.2 Å². The molecule has 0 saturated heterocycles. The van der Waals surface area contributed by atoms with Crippen LogP contribution in [-0.2, 0) is 14.4 Å². The van der Waals surface area contributed by atoms with E-state index in [4.69, 9.17) is 11.5 Å². The van der Waals surface area contributed by atoms with E-state index in [-0.39, 0.29) is 30.4 Å². The number of amides is 2. The average molecular weight is 503 g/mol. The van der Waals surface area contributed by atoms with Gasteiger partial charge in [0.15, 0.2) is 5.78 Å². The number of nitrogens with one attached hydrogen (secondary N) is 2. The summed E-state index contributed by atoms with van der Waals surface area (Å²) in [6.45, 7) is 5.60. The predicted octanol–water partition coefficient (Wildman–Crippen LogP) is 1.02. The van der Waals surface area contributed by atoms with Gasteiger partial charge in [-0.25, -0.2) is 9.78 Å². The van der Waals surface area contributed by atoms with Crippen LogP contribution >= 0.6 is 0 Å². The van der Waals surface area contributed by atoms with Gasteiger partial charge >= 0.3 is 5.97 Å². The maximum atomic E-state index is 13.0. The Balaban J connectivity index is 2.09. The molecule has 0 saturated carbocycles. The molecule has 0 radical (unpaired) electrons. The normalized spacial score (nSPS) is 14.6. The topological polar surface area (TPSA) is 182 Å². The number of aliphatic carboxylic acids is 1. The number of nitrogens with zero attached hydrogens (tertiary/aromatic N) is 2. The summed E-state index contributed by atoms with van der Waals surface area (Å²) < 4.78 is 1.61. The van der Waals surface area contributed by atoms with Crippen molar-refractivity contribution in [1.29, 1.82) is 0 Å². The van der Waals surface area contributed by atoms with Gasteiger partial charge in [-0.2, -0.15) is 0 Å². The average Bonchev–Trinajstić information content (AvgIpc) is 3.19. The van der Waals surface area contributed by atoms with E-state index in [1.54, 1.807) is 35.7 Å². The number of nitrogens with two attached hydrogens (primary N) is 2. The molecule has 0 aliphatic rings. The van der Waals surface area contributed by atoms with Gasteiger partial charge in [-0.1, -0.05) is 32.8 Å².